The zero-order valence-electron chi connectivity index (χ0n) is 10.8. The van der Waals surface area contributed by atoms with Gasteiger partial charge in [-0.1, -0.05) is 11.6 Å². The number of aromatic nitrogens is 2. The third-order valence-corrected chi connectivity index (χ3v) is 3.59. The van der Waals surface area contributed by atoms with Gasteiger partial charge in [0.05, 0.1) is 11.1 Å². The van der Waals surface area contributed by atoms with E-state index in [4.69, 9.17) is 11.6 Å². The molecule has 2 rings (SSSR count). The topological polar surface area (TPSA) is 59.3 Å². The van der Waals surface area contributed by atoms with E-state index in [-0.39, 0.29) is 0 Å². The smallest absolute Gasteiger partial charge is 0.266 e. The molecule has 22 heavy (non-hydrogen) atoms. The van der Waals surface area contributed by atoms with Gasteiger partial charge in [0.15, 0.2) is 10.8 Å². The summed E-state index contributed by atoms with van der Waals surface area (Å²) in [5.74, 6) is -0.969. The van der Waals surface area contributed by atoms with Gasteiger partial charge >= 0.3 is 6.18 Å². The van der Waals surface area contributed by atoms with Crippen molar-refractivity contribution in [3.63, 3.8) is 0 Å². The van der Waals surface area contributed by atoms with Gasteiger partial charge < -0.3 is 0 Å². The monoisotopic (exact) mass is 354 g/mol. The van der Waals surface area contributed by atoms with Crippen LogP contribution in [-0.2, 0) is 13.2 Å². The molecule has 0 aliphatic rings. The fourth-order valence-corrected chi connectivity index (χ4v) is 2.49. The van der Waals surface area contributed by atoms with Gasteiger partial charge in [-0.3, -0.25) is 9.48 Å². The molecule has 0 atom stereocenters. The highest BCUT2D eigenvalue weighted by atomic mass is 35.5. The Morgan fingerprint density at radius 2 is 2.18 bits per heavy atom. The molecule has 0 aliphatic heterocycles. The predicted molar refractivity (Wildman–Crippen MR) is 72.6 cm³/mol. The number of carbonyl (C=O) groups excluding carboxylic acids is 1. The molecule has 0 spiro atoms. The zero-order valence-corrected chi connectivity index (χ0v) is 12.4. The van der Waals surface area contributed by atoms with E-state index in [2.05, 4.69) is 10.2 Å². The van der Waals surface area contributed by atoms with Gasteiger partial charge in [-0.2, -0.15) is 27.8 Å². The first kappa shape index (κ1) is 16.4. The highest BCUT2D eigenvalue weighted by Gasteiger charge is 2.39. The maximum Gasteiger partial charge on any atom is 0.436 e. The largest absolute Gasteiger partial charge is 0.436 e. The molecule has 0 aliphatic carbocycles. The van der Waals surface area contributed by atoms with Gasteiger partial charge in [0.2, 0.25) is 0 Å². The maximum absolute atomic E-state index is 12.7. The van der Waals surface area contributed by atoms with Crippen molar-refractivity contribution in [2.24, 2.45) is 12.1 Å². The Morgan fingerprint density at radius 1 is 1.50 bits per heavy atom. The first-order valence-corrected chi connectivity index (χ1v) is 6.78. The van der Waals surface area contributed by atoms with Crippen LogP contribution >= 0.6 is 22.9 Å². The number of hydrazone groups is 1. The summed E-state index contributed by atoms with van der Waals surface area (Å²) < 4.78 is 51.3. The Labute approximate surface area is 130 Å². The van der Waals surface area contributed by atoms with E-state index in [0.717, 1.165) is 24.6 Å². The first-order valence-electron chi connectivity index (χ1n) is 5.58. The molecule has 0 unspecified atom stereocenters. The van der Waals surface area contributed by atoms with E-state index in [9.17, 15) is 22.4 Å². The molecule has 2 heterocycles. The van der Waals surface area contributed by atoms with Crippen molar-refractivity contribution in [3.8, 4) is 0 Å². The second-order valence-corrected chi connectivity index (χ2v) is 5.42. The summed E-state index contributed by atoms with van der Waals surface area (Å²) in [7, 11) is 1.15. The molecule has 0 fully saturated rings. The summed E-state index contributed by atoms with van der Waals surface area (Å²) >= 11 is 6.33. The van der Waals surface area contributed by atoms with Gasteiger partial charge in [0.25, 0.3) is 5.91 Å². The van der Waals surface area contributed by atoms with Crippen molar-refractivity contribution in [1.82, 2.24) is 15.2 Å². The molecular formula is C11H7ClF4N4OS. The minimum atomic E-state index is -4.77. The molecule has 0 aromatic carbocycles. The summed E-state index contributed by atoms with van der Waals surface area (Å²) in [6.07, 6.45) is -3.62. The third-order valence-electron chi connectivity index (χ3n) is 2.42. The molecule has 0 radical (unpaired) electrons. The molecule has 1 amide bonds. The van der Waals surface area contributed by atoms with Crippen molar-refractivity contribution < 1.29 is 22.4 Å². The van der Waals surface area contributed by atoms with Crippen LogP contribution in [0, 0.1) is 5.13 Å². The minimum Gasteiger partial charge on any atom is -0.266 e. The molecule has 2 aromatic rings. The van der Waals surface area contributed by atoms with Crippen LogP contribution in [0.25, 0.3) is 0 Å². The minimum absolute atomic E-state index is 0.421. The average molecular weight is 355 g/mol. The lowest BCUT2D eigenvalue weighted by Crippen LogP contribution is -2.21. The molecule has 5 nitrogen and oxygen atoms in total. The normalized spacial score (nSPS) is 12.1. The fraction of sp³-hybridized carbons (Fsp3) is 0.182. The number of nitrogens with one attached hydrogen (secondary N) is 1. The lowest BCUT2D eigenvalue weighted by molar-refractivity contribution is -0.141. The Bertz CT molecular complexity index is 737. The Kier molecular flexibility index (Phi) is 4.52. The van der Waals surface area contributed by atoms with Crippen LogP contribution in [0.5, 0.6) is 0 Å². The average Bonchev–Trinajstić information content (AvgIpc) is 2.93. The molecule has 1 N–H and O–H groups in total. The number of thiophene rings is 1. The van der Waals surface area contributed by atoms with Crippen LogP contribution in [0.15, 0.2) is 17.2 Å². The van der Waals surface area contributed by atoms with E-state index in [0.29, 0.717) is 9.56 Å². The number of rotatable bonds is 3. The standard InChI is InChI=1S/C11H7ClF4N4OS/c1-20-8(7(12)9(19-20)11(14,15)16)10(21)18-17-4-5-2-3-6(13)22-5/h2-4H,1H3,(H,18,21). The van der Waals surface area contributed by atoms with Gasteiger partial charge in [0.1, 0.15) is 10.7 Å². The lowest BCUT2D eigenvalue weighted by Gasteiger charge is -2.01. The number of hydrogen-bond donors (Lipinski definition) is 1. The van der Waals surface area contributed by atoms with E-state index in [1.54, 1.807) is 0 Å². The quantitative estimate of drug-likeness (QED) is 0.523. The van der Waals surface area contributed by atoms with Gasteiger partial charge in [-0.25, -0.2) is 5.43 Å². The number of amides is 1. The summed E-state index contributed by atoms with van der Waals surface area (Å²) in [5.41, 5.74) is 0.167. The molecule has 2 aromatic heterocycles. The van der Waals surface area contributed by atoms with Crippen LogP contribution in [-0.4, -0.2) is 21.9 Å². The van der Waals surface area contributed by atoms with E-state index >= 15 is 0 Å². The first-order chi connectivity index (χ1) is 10.2. The molecule has 118 valence electrons. The number of aryl methyl sites for hydroxylation is 1. The lowest BCUT2D eigenvalue weighted by atomic mass is 10.3. The van der Waals surface area contributed by atoms with Gasteiger partial charge in [-0.05, 0) is 12.1 Å². The maximum atomic E-state index is 12.7. The Balaban J connectivity index is 2.16. The number of hydrogen-bond acceptors (Lipinski definition) is 4. The fourth-order valence-electron chi connectivity index (χ4n) is 1.53. The van der Waals surface area contributed by atoms with Gasteiger partial charge in [0, 0.05) is 7.05 Å². The van der Waals surface area contributed by atoms with E-state index in [1.165, 1.54) is 12.1 Å². The third kappa shape index (κ3) is 3.45. The predicted octanol–water partition coefficient (Wildman–Crippen LogP) is 3.06. The summed E-state index contributed by atoms with van der Waals surface area (Å²) in [4.78, 5) is 12.2. The molecule has 11 heteroatoms. The van der Waals surface area contributed by atoms with E-state index in [1.807, 2.05) is 5.43 Å². The number of nitrogens with zero attached hydrogens (tertiary/aromatic N) is 3. The van der Waals surface area contributed by atoms with Crippen molar-refractivity contribution in [2.45, 2.75) is 6.18 Å². The van der Waals surface area contributed by atoms with Crippen LogP contribution in [0.4, 0.5) is 17.6 Å². The second-order valence-electron chi connectivity index (χ2n) is 3.97. The molecular weight excluding hydrogens is 348 g/mol. The highest BCUT2D eigenvalue weighted by molar-refractivity contribution is 7.12. The number of carbonyl (C=O) groups is 1. The van der Waals surface area contributed by atoms with Crippen LogP contribution in [0.1, 0.15) is 21.1 Å². The number of halogens is 5. The second kappa shape index (κ2) is 6.05. The summed E-state index contributed by atoms with van der Waals surface area (Å²) in [6.45, 7) is 0. The molecule has 0 bridgehead atoms. The van der Waals surface area contributed by atoms with Crippen molar-refractivity contribution >= 4 is 35.1 Å². The number of alkyl halides is 3. The van der Waals surface area contributed by atoms with Crippen molar-refractivity contribution in [2.75, 3.05) is 0 Å². The van der Waals surface area contributed by atoms with Crippen LogP contribution < -0.4 is 5.43 Å². The van der Waals surface area contributed by atoms with Crippen LogP contribution in [0.2, 0.25) is 5.02 Å². The molecule has 0 saturated carbocycles. The summed E-state index contributed by atoms with van der Waals surface area (Å²) in [5, 5.41) is 5.45. The SMILES string of the molecule is Cn1nc(C(F)(F)F)c(Cl)c1C(=O)NN=Cc1ccc(F)s1. The van der Waals surface area contributed by atoms with Crippen molar-refractivity contribution in [3.05, 3.63) is 38.6 Å². The van der Waals surface area contributed by atoms with Crippen LogP contribution in [0.3, 0.4) is 0 Å². The van der Waals surface area contributed by atoms with Crippen molar-refractivity contribution in [1.29, 1.82) is 0 Å². The molecule has 0 saturated heterocycles. The van der Waals surface area contributed by atoms with Gasteiger partial charge in [-0.15, -0.1) is 11.3 Å². The Morgan fingerprint density at radius 3 is 2.68 bits per heavy atom. The highest BCUT2D eigenvalue weighted by Crippen LogP contribution is 2.35. The summed E-state index contributed by atoms with van der Waals surface area (Å²) in [6, 6.07) is 2.63. The van der Waals surface area contributed by atoms with E-state index < -0.39 is 33.6 Å². The zero-order chi connectivity index (χ0) is 16.5. The Hall–Kier alpha value is -1.94.